The van der Waals surface area contributed by atoms with Crippen LogP contribution >= 0.6 is 0 Å². The summed E-state index contributed by atoms with van der Waals surface area (Å²) in [6.45, 7) is 8.61. The Bertz CT molecular complexity index is 413. The molecule has 0 fully saturated rings. The van der Waals surface area contributed by atoms with E-state index < -0.39 is 5.97 Å². The van der Waals surface area contributed by atoms with Crippen LogP contribution in [0.5, 0.6) is 0 Å². The maximum atomic E-state index is 10.9. The first-order valence-electron chi connectivity index (χ1n) is 6.00. The van der Waals surface area contributed by atoms with Crippen molar-refractivity contribution in [3.63, 3.8) is 0 Å². The number of aryl methyl sites for hydroxylation is 1. The van der Waals surface area contributed by atoms with Crippen molar-refractivity contribution in [1.29, 1.82) is 0 Å². The van der Waals surface area contributed by atoms with Crippen LogP contribution in [0.1, 0.15) is 30.0 Å². The molecule has 0 radical (unpaired) electrons. The molecule has 94 valence electrons. The SMILES string of the molecule is CCC(CNc1ccc(C)c(C)c1C)C(=O)O. The molecule has 0 aromatic heterocycles. The molecule has 0 heterocycles. The summed E-state index contributed by atoms with van der Waals surface area (Å²) in [6, 6.07) is 4.08. The number of nitrogens with one attached hydrogen (secondary N) is 1. The topological polar surface area (TPSA) is 49.3 Å². The molecule has 1 rings (SSSR count). The smallest absolute Gasteiger partial charge is 0.308 e. The van der Waals surface area contributed by atoms with E-state index in [0.717, 1.165) is 5.69 Å². The minimum absolute atomic E-state index is 0.323. The quantitative estimate of drug-likeness (QED) is 0.824. The number of carboxylic acids is 1. The molecule has 0 bridgehead atoms. The number of carbonyl (C=O) groups is 1. The van der Waals surface area contributed by atoms with E-state index in [2.05, 4.69) is 32.2 Å². The summed E-state index contributed by atoms with van der Waals surface area (Å²) < 4.78 is 0. The Kier molecular flexibility index (Phi) is 4.55. The van der Waals surface area contributed by atoms with Crippen molar-refractivity contribution in [3.8, 4) is 0 Å². The third-order valence-electron chi connectivity index (χ3n) is 3.44. The molecule has 0 amide bonds. The van der Waals surface area contributed by atoms with E-state index in [9.17, 15) is 4.79 Å². The molecular formula is C14H21NO2. The van der Waals surface area contributed by atoms with Crippen LogP contribution in [0.2, 0.25) is 0 Å². The Balaban J connectivity index is 2.76. The fourth-order valence-electron chi connectivity index (χ4n) is 1.79. The molecule has 1 unspecified atom stereocenters. The molecule has 17 heavy (non-hydrogen) atoms. The maximum Gasteiger partial charge on any atom is 0.308 e. The van der Waals surface area contributed by atoms with Crippen molar-refractivity contribution in [2.75, 3.05) is 11.9 Å². The first-order valence-corrected chi connectivity index (χ1v) is 6.00. The predicted octanol–water partition coefficient (Wildman–Crippen LogP) is 3.13. The molecule has 0 saturated carbocycles. The number of carboxylic acid groups (broad SMARTS) is 1. The van der Waals surface area contributed by atoms with Crippen molar-refractivity contribution in [2.24, 2.45) is 5.92 Å². The zero-order chi connectivity index (χ0) is 13.0. The minimum atomic E-state index is -0.735. The lowest BCUT2D eigenvalue weighted by Crippen LogP contribution is -2.22. The van der Waals surface area contributed by atoms with Crippen molar-refractivity contribution < 1.29 is 9.90 Å². The van der Waals surface area contributed by atoms with Crippen LogP contribution in [0.4, 0.5) is 5.69 Å². The lowest BCUT2D eigenvalue weighted by Gasteiger charge is -2.16. The Morgan fingerprint density at radius 3 is 2.47 bits per heavy atom. The van der Waals surface area contributed by atoms with E-state index in [1.807, 2.05) is 13.0 Å². The summed E-state index contributed by atoms with van der Waals surface area (Å²) in [6.07, 6.45) is 0.645. The van der Waals surface area contributed by atoms with Gasteiger partial charge >= 0.3 is 5.97 Å². The largest absolute Gasteiger partial charge is 0.481 e. The number of benzene rings is 1. The molecule has 0 aliphatic carbocycles. The van der Waals surface area contributed by atoms with Gasteiger partial charge in [-0.3, -0.25) is 4.79 Å². The lowest BCUT2D eigenvalue weighted by atomic mass is 10.0. The lowest BCUT2D eigenvalue weighted by molar-refractivity contribution is -0.141. The maximum absolute atomic E-state index is 10.9. The molecule has 3 heteroatoms. The second-order valence-electron chi connectivity index (χ2n) is 4.50. The van der Waals surface area contributed by atoms with Crippen LogP contribution in [-0.2, 0) is 4.79 Å². The number of hydrogen-bond acceptors (Lipinski definition) is 2. The van der Waals surface area contributed by atoms with Crippen LogP contribution in [0.25, 0.3) is 0 Å². The third kappa shape index (κ3) is 3.22. The van der Waals surface area contributed by atoms with Gasteiger partial charge in [0.05, 0.1) is 5.92 Å². The van der Waals surface area contributed by atoms with Crippen molar-refractivity contribution in [2.45, 2.75) is 34.1 Å². The first kappa shape index (κ1) is 13.6. The monoisotopic (exact) mass is 235 g/mol. The normalized spacial score (nSPS) is 12.2. The minimum Gasteiger partial charge on any atom is -0.481 e. The molecule has 0 aliphatic rings. The van der Waals surface area contributed by atoms with E-state index in [0.29, 0.717) is 13.0 Å². The Labute approximate surface area is 103 Å². The highest BCUT2D eigenvalue weighted by Crippen LogP contribution is 2.22. The molecule has 1 aromatic rings. The predicted molar refractivity (Wildman–Crippen MR) is 70.6 cm³/mol. The van der Waals surface area contributed by atoms with E-state index in [-0.39, 0.29) is 5.92 Å². The number of rotatable bonds is 5. The fourth-order valence-corrected chi connectivity index (χ4v) is 1.79. The summed E-state index contributed by atoms with van der Waals surface area (Å²) in [4.78, 5) is 10.9. The van der Waals surface area contributed by atoms with Crippen LogP contribution in [-0.4, -0.2) is 17.6 Å². The molecule has 3 nitrogen and oxygen atoms in total. The second-order valence-corrected chi connectivity index (χ2v) is 4.50. The Morgan fingerprint density at radius 1 is 1.29 bits per heavy atom. The molecule has 1 aromatic carbocycles. The van der Waals surface area contributed by atoms with Gasteiger partial charge in [0.25, 0.3) is 0 Å². The van der Waals surface area contributed by atoms with Gasteiger partial charge in [0.2, 0.25) is 0 Å². The van der Waals surface area contributed by atoms with Crippen LogP contribution < -0.4 is 5.32 Å². The van der Waals surface area contributed by atoms with Gasteiger partial charge in [-0.15, -0.1) is 0 Å². The first-order chi connectivity index (χ1) is 7.97. The van der Waals surface area contributed by atoms with Gasteiger partial charge in [0, 0.05) is 12.2 Å². The zero-order valence-corrected chi connectivity index (χ0v) is 11.0. The van der Waals surface area contributed by atoms with Gasteiger partial charge < -0.3 is 10.4 Å². The standard InChI is InChI=1S/C14H21NO2/c1-5-12(14(16)17)8-15-13-7-6-9(2)10(3)11(13)4/h6-7,12,15H,5,8H2,1-4H3,(H,16,17). The summed E-state index contributed by atoms with van der Waals surface area (Å²) in [5.74, 6) is -1.06. The van der Waals surface area contributed by atoms with Gasteiger partial charge in [-0.05, 0) is 49.9 Å². The molecule has 2 N–H and O–H groups in total. The van der Waals surface area contributed by atoms with E-state index in [1.54, 1.807) is 0 Å². The van der Waals surface area contributed by atoms with Gasteiger partial charge in [-0.2, -0.15) is 0 Å². The van der Waals surface area contributed by atoms with Gasteiger partial charge in [0.15, 0.2) is 0 Å². The molecule has 0 saturated heterocycles. The van der Waals surface area contributed by atoms with Crippen LogP contribution in [0.3, 0.4) is 0 Å². The van der Waals surface area contributed by atoms with E-state index in [4.69, 9.17) is 5.11 Å². The highest BCUT2D eigenvalue weighted by molar-refractivity contribution is 5.71. The number of hydrogen-bond donors (Lipinski definition) is 2. The average Bonchev–Trinajstić information content (AvgIpc) is 2.29. The number of anilines is 1. The summed E-state index contributed by atoms with van der Waals surface area (Å²) in [5, 5.41) is 12.2. The van der Waals surface area contributed by atoms with E-state index in [1.165, 1.54) is 16.7 Å². The summed E-state index contributed by atoms with van der Waals surface area (Å²) in [5.41, 5.74) is 4.76. The molecule has 0 spiro atoms. The fraction of sp³-hybridized carbons (Fsp3) is 0.500. The van der Waals surface area contributed by atoms with E-state index >= 15 is 0 Å². The van der Waals surface area contributed by atoms with Gasteiger partial charge in [0.1, 0.15) is 0 Å². The Morgan fingerprint density at radius 2 is 1.94 bits per heavy atom. The highest BCUT2D eigenvalue weighted by atomic mass is 16.4. The van der Waals surface area contributed by atoms with Crippen molar-refractivity contribution in [3.05, 3.63) is 28.8 Å². The average molecular weight is 235 g/mol. The van der Waals surface area contributed by atoms with Gasteiger partial charge in [-0.1, -0.05) is 13.0 Å². The molecule has 1 atom stereocenters. The zero-order valence-electron chi connectivity index (χ0n) is 11.0. The molecule has 0 aliphatic heterocycles. The number of aliphatic carboxylic acids is 1. The third-order valence-corrected chi connectivity index (χ3v) is 3.44. The van der Waals surface area contributed by atoms with Gasteiger partial charge in [-0.25, -0.2) is 0 Å². The van der Waals surface area contributed by atoms with Crippen LogP contribution in [0, 0.1) is 26.7 Å². The second kappa shape index (κ2) is 5.71. The van der Waals surface area contributed by atoms with Crippen molar-refractivity contribution >= 4 is 11.7 Å². The van der Waals surface area contributed by atoms with Crippen LogP contribution in [0.15, 0.2) is 12.1 Å². The highest BCUT2D eigenvalue weighted by Gasteiger charge is 2.15. The van der Waals surface area contributed by atoms with Crippen molar-refractivity contribution in [1.82, 2.24) is 0 Å². The summed E-state index contributed by atoms with van der Waals surface area (Å²) in [7, 11) is 0. The Hall–Kier alpha value is -1.51. The molecular weight excluding hydrogens is 214 g/mol. The summed E-state index contributed by atoms with van der Waals surface area (Å²) >= 11 is 0.